The van der Waals surface area contributed by atoms with Crippen LogP contribution >= 0.6 is 0 Å². The number of hydrogen-bond donors (Lipinski definition) is 1. The Morgan fingerprint density at radius 2 is 2.15 bits per heavy atom. The molecule has 20 heavy (non-hydrogen) atoms. The summed E-state index contributed by atoms with van der Waals surface area (Å²) in [5.41, 5.74) is -0.715. The Labute approximate surface area is 113 Å². The summed E-state index contributed by atoms with van der Waals surface area (Å²) < 4.78 is 42.0. The van der Waals surface area contributed by atoms with Crippen molar-refractivity contribution in [1.82, 2.24) is 10.1 Å². The van der Waals surface area contributed by atoms with Gasteiger partial charge in [-0.25, -0.2) is 17.6 Å². The quantitative estimate of drug-likeness (QED) is 0.844. The molecule has 1 N–H and O–H groups in total. The number of halogens is 1. The second kappa shape index (κ2) is 5.00. The molecular formula is C11H9FN2O5S. The zero-order valence-electron chi connectivity index (χ0n) is 10.2. The predicted octanol–water partition coefficient (Wildman–Crippen LogP) is 1.19. The highest BCUT2D eigenvalue weighted by atomic mass is 32.2. The predicted molar refractivity (Wildman–Crippen MR) is 63.3 cm³/mol. The molecule has 7 nitrogen and oxygen atoms in total. The summed E-state index contributed by atoms with van der Waals surface area (Å²) in [5.74, 6) is -2.99. The van der Waals surface area contributed by atoms with E-state index in [1.165, 1.54) is 6.92 Å². The maximum atomic E-state index is 13.2. The number of carbonyl (C=O) groups is 1. The van der Waals surface area contributed by atoms with E-state index in [0.29, 0.717) is 0 Å². The number of sulfone groups is 1. The topological polar surface area (TPSA) is 110 Å². The molecule has 0 aliphatic rings. The first kappa shape index (κ1) is 14.1. The number of benzene rings is 1. The van der Waals surface area contributed by atoms with Gasteiger partial charge in [-0.15, -0.1) is 0 Å². The number of rotatable bonds is 4. The standard InChI is InChI=1S/C11H9FN2O5S/c1-6-13-10(19-14-6)5-20(17,18)7-2-3-9(12)8(4-7)11(15)16/h2-4H,5H2,1H3,(H,15,16). The Bertz CT molecular complexity index is 769. The van der Waals surface area contributed by atoms with Gasteiger partial charge in [-0.1, -0.05) is 5.16 Å². The van der Waals surface area contributed by atoms with E-state index in [-0.39, 0.29) is 16.6 Å². The number of carboxylic acids is 1. The molecule has 9 heteroatoms. The minimum atomic E-state index is -3.90. The average Bonchev–Trinajstić information content (AvgIpc) is 2.73. The summed E-state index contributed by atoms with van der Waals surface area (Å²) in [7, 11) is -3.90. The van der Waals surface area contributed by atoms with Gasteiger partial charge in [0.1, 0.15) is 11.6 Å². The fourth-order valence-electron chi connectivity index (χ4n) is 1.51. The molecule has 106 valence electrons. The third-order valence-electron chi connectivity index (χ3n) is 2.41. The zero-order valence-corrected chi connectivity index (χ0v) is 11.0. The van der Waals surface area contributed by atoms with Crippen molar-refractivity contribution in [1.29, 1.82) is 0 Å². The average molecular weight is 300 g/mol. The zero-order chi connectivity index (χ0) is 14.9. The summed E-state index contributed by atoms with van der Waals surface area (Å²) in [6.07, 6.45) is 0. The van der Waals surface area contributed by atoms with E-state index in [2.05, 4.69) is 10.1 Å². The molecule has 0 aliphatic heterocycles. The monoisotopic (exact) mass is 300 g/mol. The first-order valence-corrected chi connectivity index (χ1v) is 6.99. The molecule has 0 spiro atoms. The molecule has 0 amide bonds. The maximum absolute atomic E-state index is 13.2. The van der Waals surface area contributed by atoms with Crippen LogP contribution in [-0.4, -0.2) is 29.6 Å². The van der Waals surface area contributed by atoms with Crippen LogP contribution in [0.4, 0.5) is 4.39 Å². The highest BCUT2D eigenvalue weighted by Crippen LogP contribution is 2.19. The van der Waals surface area contributed by atoms with Gasteiger partial charge in [0, 0.05) is 0 Å². The van der Waals surface area contributed by atoms with Gasteiger partial charge in [0.2, 0.25) is 5.89 Å². The molecule has 0 saturated carbocycles. The molecule has 0 fully saturated rings. The van der Waals surface area contributed by atoms with Gasteiger partial charge in [-0.05, 0) is 25.1 Å². The normalized spacial score (nSPS) is 11.5. The summed E-state index contributed by atoms with van der Waals surface area (Å²) in [6.45, 7) is 1.53. The van der Waals surface area contributed by atoms with Crippen LogP contribution in [0.15, 0.2) is 27.6 Å². The second-order valence-electron chi connectivity index (χ2n) is 3.94. The van der Waals surface area contributed by atoms with Crippen LogP contribution in [0.3, 0.4) is 0 Å². The molecule has 0 saturated heterocycles. The molecule has 2 aromatic rings. The van der Waals surface area contributed by atoms with Gasteiger partial charge in [0.25, 0.3) is 0 Å². The van der Waals surface area contributed by atoms with E-state index in [9.17, 15) is 17.6 Å². The molecule has 1 aromatic heterocycles. The van der Waals surface area contributed by atoms with Crippen LogP contribution in [0.1, 0.15) is 22.1 Å². The van der Waals surface area contributed by atoms with Gasteiger partial charge >= 0.3 is 5.97 Å². The third-order valence-corrected chi connectivity index (χ3v) is 4.01. The van der Waals surface area contributed by atoms with E-state index in [1.54, 1.807) is 0 Å². The van der Waals surface area contributed by atoms with Gasteiger partial charge in [-0.3, -0.25) is 0 Å². The smallest absolute Gasteiger partial charge is 0.338 e. The second-order valence-corrected chi connectivity index (χ2v) is 5.93. The lowest BCUT2D eigenvalue weighted by Gasteiger charge is -2.04. The Kier molecular flexibility index (Phi) is 3.53. The number of aryl methyl sites for hydroxylation is 1. The Morgan fingerprint density at radius 1 is 1.45 bits per heavy atom. The Balaban J connectivity index is 2.39. The first-order valence-electron chi connectivity index (χ1n) is 5.34. The fraction of sp³-hybridized carbons (Fsp3) is 0.182. The van der Waals surface area contributed by atoms with Crippen molar-refractivity contribution in [3.8, 4) is 0 Å². The van der Waals surface area contributed by atoms with E-state index in [0.717, 1.165) is 18.2 Å². The minimum absolute atomic E-state index is 0.122. The first-order chi connectivity index (χ1) is 9.29. The van der Waals surface area contributed by atoms with Gasteiger partial charge in [-0.2, -0.15) is 4.98 Å². The highest BCUT2D eigenvalue weighted by molar-refractivity contribution is 7.90. The Morgan fingerprint density at radius 3 is 2.70 bits per heavy atom. The van der Waals surface area contributed by atoms with Crippen LogP contribution in [0.25, 0.3) is 0 Å². The molecule has 1 aromatic carbocycles. The lowest BCUT2D eigenvalue weighted by molar-refractivity contribution is 0.0691. The van der Waals surface area contributed by atoms with E-state index in [4.69, 9.17) is 9.63 Å². The molecule has 0 unspecified atom stereocenters. The van der Waals surface area contributed by atoms with Crippen molar-refractivity contribution in [2.24, 2.45) is 0 Å². The summed E-state index contributed by atoms with van der Waals surface area (Å²) in [5, 5.41) is 12.2. The van der Waals surface area contributed by atoms with Gasteiger partial charge < -0.3 is 9.63 Å². The number of nitrogens with zero attached hydrogens (tertiary/aromatic N) is 2. The van der Waals surface area contributed by atoms with Gasteiger partial charge in [0.15, 0.2) is 15.7 Å². The SMILES string of the molecule is Cc1noc(CS(=O)(=O)c2ccc(F)c(C(=O)O)c2)n1. The largest absolute Gasteiger partial charge is 0.478 e. The summed E-state index contributed by atoms with van der Waals surface area (Å²) in [4.78, 5) is 14.2. The van der Waals surface area contributed by atoms with Crippen LogP contribution in [0.2, 0.25) is 0 Å². The maximum Gasteiger partial charge on any atom is 0.338 e. The van der Waals surface area contributed by atoms with Crippen LogP contribution in [0, 0.1) is 12.7 Å². The molecule has 1 heterocycles. The number of hydrogen-bond acceptors (Lipinski definition) is 6. The van der Waals surface area contributed by atoms with Crippen molar-refractivity contribution in [2.45, 2.75) is 17.6 Å². The van der Waals surface area contributed by atoms with E-state index >= 15 is 0 Å². The van der Waals surface area contributed by atoms with Crippen LogP contribution in [0.5, 0.6) is 0 Å². The van der Waals surface area contributed by atoms with Crippen molar-refractivity contribution >= 4 is 15.8 Å². The Hall–Kier alpha value is -2.29. The molecule has 0 atom stereocenters. The minimum Gasteiger partial charge on any atom is -0.478 e. The fourth-order valence-corrected chi connectivity index (χ4v) is 2.69. The highest BCUT2D eigenvalue weighted by Gasteiger charge is 2.22. The molecule has 2 rings (SSSR count). The number of aromatic nitrogens is 2. The number of carboxylic acid groups (broad SMARTS) is 1. The molecule has 0 bridgehead atoms. The molecular weight excluding hydrogens is 291 g/mol. The van der Waals surface area contributed by atoms with E-state index < -0.39 is 32.9 Å². The lowest BCUT2D eigenvalue weighted by atomic mass is 10.2. The van der Waals surface area contributed by atoms with Crippen molar-refractivity contribution in [3.05, 3.63) is 41.3 Å². The van der Waals surface area contributed by atoms with Crippen molar-refractivity contribution in [2.75, 3.05) is 0 Å². The van der Waals surface area contributed by atoms with Crippen LogP contribution in [-0.2, 0) is 15.6 Å². The molecule has 0 aliphatic carbocycles. The van der Waals surface area contributed by atoms with Crippen molar-refractivity contribution < 1.29 is 27.2 Å². The number of aromatic carboxylic acids is 1. The molecule has 0 radical (unpaired) electrons. The summed E-state index contributed by atoms with van der Waals surface area (Å²) >= 11 is 0. The lowest BCUT2D eigenvalue weighted by Crippen LogP contribution is -2.08. The van der Waals surface area contributed by atoms with Gasteiger partial charge in [0.05, 0.1) is 10.5 Å². The van der Waals surface area contributed by atoms with Crippen LogP contribution < -0.4 is 0 Å². The van der Waals surface area contributed by atoms with Crippen molar-refractivity contribution in [3.63, 3.8) is 0 Å². The van der Waals surface area contributed by atoms with E-state index in [1.807, 2.05) is 0 Å². The third kappa shape index (κ3) is 2.82. The summed E-state index contributed by atoms with van der Waals surface area (Å²) in [6, 6.07) is 2.53.